The number of aryl methyl sites for hydroxylation is 1. The van der Waals surface area contributed by atoms with Crippen molar-refractivity contribution < 1.29 is 13.9 Å². The molecule has 0 unspecified atom stereocenters. The molecule has 1 N–H and O–H groups in total. The van der Waals surface area contributed by atoms with Crippen molar-refractivity contribution in [2.75, 3.05) is 12.4 Å². The number of ether oxygens (including phenoxy) is 2. The lowest BCUT2D eigenvalue weighted by Crippen LogP contribution is -2.04. The molecule has 3 aromatic rings. The molecule has 0 aliphatic rings. The second-order valence-electron chi connectivity index (χ2n) is 6.35. The molecule has 5 heteroatoms. The molecule has 0 spiro atoms. The molecular formula is C23H23BrFNO2. The summed E-state index contributed by atoms with van der Waals surface area (Å²) in [6, 6.07) is 18.8. The highest BCUT2D eigenvalue weighted by atomic mass is 79.9. The fraction of sp³-hybridized carbons (Fsp3) is 0.217. The van der Waals surface area contributed by atoms with Crippen LogP contribution in [-0.2, 0) is 19.6 Å². The van der Waals surface area contributed by atoms with E-state index in [9.17, 15) is 4.39 Å². The average molecular weight is 444 g/mol. The van der Waals surface area contributed by atoms with Crippen molar-refractivity contribution in [3.8, 4) is 11.5 Å². The van der Waals surface area contributed by atoms with Crippen LogP contribution >= 0.6 is 15.9 Å². The predicted molar refractivity (Wildman–Crippen MR) is 115 cm³/mol. The largest absolute Gasteiger partial charge is 0.493 e. The standard InChI is InChI=1S/C23H23BrFNO2/c1-3-17-8-5-7-11-21(17)26-14-16-12-19(24)23(22(13-16)27-2)28-15-18-9-4-6-10-20(18)25/h4-13,26H,3,14-15H2,1-2H3. The Morgan fingerprint density at radius 3 is 2.43 bits per heavy atom. The summed E-state index contributed by atoms with van der Waals surface area (Å²) in [6.07, 6.45) is 0.971. The van der Waals surface area contributed by atoms with Crippen LogP contribution in [0, 0.1) is 5.82 Å². The topological polar surface area (TPSA) is 30.5 Å². The molecule has 0 radical (unpaired) electrons. The van der Waals surface area contributed by atoms with Crippen LogP contribution in [-0.4, -0.2) is 7.11 Å². The number of para-hydroxylation sites is 1. The number of hydrogen-bond donors (Lipinski definition) is 1. The van der Waals surface area contributed by atoms with E-state index in [1.54, 1.807) is 25.3 Å². The van der Waals surface area contributed by atoms with Gasteiger partial charge in [0.15, 0.2) is 11.5 Å². The predicted octanol–water partition coefficient (Wildman–Crippen LogP) is 6.35. The monoisotopic (exact) mass is 443 g/mol. The van der Waals surface area contributed by atoms with Gasteiger partial charge in [0.05, 0.1) is 11.6 Å². The SMILES string of the molecule is CCc1ccccc1NCc1cc(Br)c(OCc2ccccc2F)c(OC)c1. The van der Waals surface area contributed by atoms with Crippen LogP contribution in [0.1, 0.15) is 23.6 Å². The van der Waals surface area contributed by atoms with Crippen LogP contribution in [0.5, 0.6) is 11.5 Å². The van der Waals surface area contributed by atoms with Gasteiger partial charge < -0.3 is 14.8 Å². The van der Waals surface area contributed by atoms with Crippen LogP contribution in [0.15, 0.2) is 65.1 Å². The molecule has 0 saturated heterocycles. The third-order valence-corrected chi connectivity index (χ3v) is 5.09. The Balaban J connectivity index is 1.75. The van der Waals surface area contributed by atoms with Crippen molar-refractivity contribution in [3.05, 3.63) is 87.6 Å². The fourth-order valence-electron chi connectivity index (χ4n) is 2.98. The van der Waals surface area contributed by atoms with Gasteiger partial charge in [0.2, 0.25) is 0 Å². The van der Waals surface area contributed by atoms with Gasteiger partial charge >= 0.3 is 0 Å². The summed E-state index contributed by atoms with van der Waals surface area (Å²) in [5.74, 6) is 0.878. The van der Waals surface area contributed by atoms with E-state index in [-0.39, 0.29) is 12.4 Å². The third kappa shape index (κ3) is 4.84. The van der Waals surface area contributed by atoms with Gasteiger partial charge in [-0.15, -0.1) is 0 Å². The van der Waals surface area contributed by atoms with Gasteiger partial charge in [0.1, 0.15) is 12.4 Å². The van der Waals surface area contributed by atoms with E-state index in [1.165, 1.54) is 11.6 Å². The lowest BCUT2D eigenvalue weighted by molar-refractivity contribution is 0.277. The first-order valence-corrected chi connectivity index (χ1v) is 9.96. The molecule has 0 fully saturated rings. The Morgan fingerprint density at radius 1 is 1.00 bits per heavy atom. The molecule has 3 aromatic carbocycles. The maximum Gasteiger partial charge on any atom is 0.175 e. The van der Waals surface area contributed by atoms with Gasteiger partial charge in [-0.2, -0.15) is 0 Å². The Bertz CT molecular complexity index is 946. The molecule has 0 atom stereocenters. The second-order valence-corrected chi connectivity index (χ2v) is 7.21. The van der Waals surface area contributed by atoms with Crippen molar-refractivity contribution >= 4 is 21.6 Å². The highest BCUT2D eigenvalue weighted by Gasteiger charge is 2.13. The lowest BCUT2D eigenvalue weighted by Gasteiger charge is -2.16. The van der Waals surface area contributed by atoms with Crippen LogP contribution < -0.4 is 14.8 Å². The summed E-state index contributed by atoms with van der Waals surface area (Å²) in [5, 5.41) is 3.48. The van der Waals surface area contributed by atoms with Crippen LogP contribution in [0.3, 0.4) is 0 Å². The first-order chi connectivity index (χ1) is 13.6. The summed E-state index contributed by atoms with van der Waals surface area (Å²) in [6.45, 7) is 2.92. The van der Waals surface area contributed by atoms with Gasteiger partial charge in [-0.1, -0.05) is 43.3 Å². The van der Waals surface area contributed by atoms with Crippen molar-refractivity contribution in [1.29, 1.82) is 0 Å². The van der Waals surface area contributed by atoms with Gasteiger partial charge in [-0.25, -0.2) is 4.39 Å². The maximum absolute atomic E-state index is 13.8. The van der Waals surface area contributed by atoms with E-state index in [2.05, 4.69) is 40.3 Å². The van der Waals surface area contributed by atoms with Crippen LogP contribution in [0.25, 0.3) is 0 Å². The zero-order chi connectivity index (χ0) is 19.9. The quantitative estimate of drug-likeness (QED) is 0.439. The number of nitrogens with one attached hydrogen (secondary N) is 1. The minimum atomic E-state index is -0.284. The van der Waals surface area contributed by atoms with Crippen LogP contribution in [0.4, 0.5) is 10.1 Å². The first-order valence-electron chi connectivity index (χ1n) is 9.16. The zero-order valence-corrected chi connectivity index (χ0v) is 17.6. The van der Waals surface area contributed by atoms with Crippen molar-refractivity contribution in [2.45, 2.75) is 26.5 Å². The van der Waals surface area contributed by atoms with E-state index in [4.69, 9.17) is 9.47 Å². The Kier molecular flexibility index (Phi) is 6.93. The Labute approximate surface area is 173 Å². The van der Waals surface area contributed by atoms with Crippen molar-refractivity contribution in [3.63, 3.8) is 0 Å². The highest BCUT2D eigenvalue weighted by Crippen LogP contribution is 2.37. The highest BCUT2D eigenvalue weighted by molar-refractivity contribution is 9.10. The molecule has 0 amide bonds. The molecule has 0 bridgehead atoms. The fourth-order valence-corrected chi connectivity index (χ4v) is 3.58. The number of anilines is 1. The number of methoxy groups -OCH3 is 1. The lowest BCUT2D eigenvalue weighted by atomic mass is 10.1. The molecule has 3 nitrogen and oxygen atoms in total. The average Bonchev–Trinajstić information content (AvgIpc) is 2.72. The molecule has 146 valence electrons. The van der Waals surface area contributed by atoms with E-state index >= 15 is 0 Å². The van der Waals surface area contributed by atoms with Gasteiger partial charge in [-0.05, 0) is 57.7 Å². The van der Waals surface area contributed by atoms with E-state index < -0.39 is 0 Å². The van der Waals surface area contributed by atoms with Crippen molar-refractivity contribution in [1.82, 2.24) is 0 Å². The van der Waals surface area contributed by atoms with Gasteiger partial charge in [0, 0.05) is 17.8 Å². The molecule has 0 aromatic heterocycles. The molecule has 0 aliphatic carbocycles. The summed E-state index contributed by atoms with van der Waals surface area (Å²) in [4.78, 5) is 0. The third-order valence-electron chi connectivity index (χ3n) is 4.50. The smallest absolute Gasteiger partial charge is 0.175 e. The Hall–Kier alpha value is -2.53. The van der Waals surface area contributed by atoms with E-state index in [0.29, 0.717) is 23.6 Å². The second kappa shape index (κ2) is 9.60. The van der Waals surface area contributed by atoms with Crippen molar-refractivity contribution in [2.24, 2.45) is 0 Å². The number of rotatable bonds is 8. The maximum atomic E-state index is 13.8. The zero-order valence-electron chi connectivity index (χ0n) is 16.0. The molecule has 3 rings (SSSR count). The summed E-state index contributed by atoms with van der Waals surface area (Å²) in [7, 11) is 1.60. The minimum absolute atomic E-state index is 0.128. The van der Waals surface area contributed by atoms with Gasteiger partial charge in [-0.3, -0.25) is 0 Å². The minimum Gasteiger partial charge on any atom is -0.493 e. The summed E-state index contributed by atoms with van der Waals surface area (Å²) < 4.78 is 26.0. The molecule has 0 heterocycles. The summed E-state index contributed by atoms with van der Waals surface area (Å²) >= 11 is 3.56. The number of halogens is 2. The van der Waals surface area contributed by atoms with Crippen LogP contribution in [0.2, 0.25) is 0 Å². The normalized spacial score (nSPS) is 10.6. The molecule has 28 heavy (non-hydrogen) atoms. The molecule has 0 aliphatic heterocycles. The van der Waals surface area contributed by atoms with E-state index in [0.717, 1.165) is 22.1 Å². The first kappa shape index (κ1) is 20.2. The number of benzene rings is 3. The summed E-state index contributed by atoms with van der Waals surface area (Å²) in [5.41, 5.74) is 3.95. The molecular weight excluding hydrogens is 421 g/mol. The van der Waals surface area contributed by atoms with E-state index in [1.807, 2.05) is 24.3 Å². The molecule has 0 saturated carbocycles. The van der Waals surface area contributed by atoms with Gasteiger partial charge in [0.25, 0.3) is 0 Å². The number of hydrogen-bond acceptors (Lipinski definition) is 3. The Morgan fingerprint density at radius 2 is 1.71 bits per heavy atom.